The van der Waals surface area contributed by atoms with Crippen LogP contribution in [0.1, 0.15) is 48.9 Å². The van der Waals surface area contributed by atoms with Gasteiger partial charge in [-0.25, -0.2) is 0 Å². The van der Waals surface area contributed by atoms with Crippen LogP contribution in [-0.4, -0.2) is 42.1 Å². The van der Waals surface area contributed by atoms with Gasteiger partial charge in [-0.15, -0.1) is 0 Å². The average molecular weight is 395 g/mol. The number of rotatable bonds is 6. The number of likely N-dealkylation sites (N-methyl/N-ethyl adjacent to an activating group) is 1. The van der Waals surface area contributed by atoms with Crippen molar-refractivity contribution in [2.75, 3.05) is 26.0 Å². The topological polar surface area (TPSA) is 70.3 Å². The van der Waals surface area contributed by atoms with E-state index < -0.39 is 0 Å². The molecule has 29 heavy (non-hydrogen) atoms. The third-order valence-corrected chi connectivity index (χ3v) is 6.00. The molecule has 1 saturated carbocycles. The molecule has 154 valence electrons. The Balaban J connectivity index is 1.86. The number of hydrogen-bond acceptors (Lipinski definition) is 4. The number of carbonyl (C=O) groups excluding carboxylic acids is 1. The highest BCUT2D eigenvalue weighted by Gasteiger charge is 2.23. The van der Waals surface area contributed by atoms with E-state index in [2.05, 4.69) is 16.3 Å². The van der Waals surface area contributed by atoms with Gasteiger partial charge in [0.15, 0.2) is 0 Å². The first-order chi connectivity index (χ1) is 14.0. The van der Waals surface area contributed by atoms with Crippen LogP contribution in [0.4, 0.5) is 5.82 Å². The van der Waals surface area contributed by atoms with Crippen molar-refractivity contribution in [2.45, 2.75) is 52.0 Å². The van der Waals surface area contributed by atoms with E-state index in [0.717, 1.165) is 35.5 Å². The van der Waals surface area contributed by atoms with Crippen LogP contribution in [-0.2, 0) is 4.79 Å². The summed E-state index contributed by atoms with van der Waals surface area (Å²) in [5.41, 5.74) is 3.19. The second-order valence-corrected chi connectivity index (χ2v) is 7.83. The zero-order chi connectivity index (χ0) is 21.0. The van der Waals surface area contributed by atoms with Crippen molar-refractivity contribution in [3.05, 3.63) is 41.1 Å². The number of aromatic nitrogens is 1. The van der Waals surface area contributed by atoms with Gasteiger partial charge in [0, 0.05) is 17.4 Å². The number of nitrogens with one attached hydrogen (secondary N) is 1. The molecule has 1 aromatic heterocycles. The molecule has 2 aromatic rings. The van der Waals surface area contributed by atoms with Crippen LogP contribution in [0, 0.1) is 25.2 Å². The van der Waals surface area contributed by atoms with Crippen molar-refractivity contribution in [3.8, 4) is 17.5 Å². The van der Waals surface area contributed by atoms with Gasteiger partial charge in [-0.1, -0.05) is 19.3 Å². The molecule has 6 heteroatoms. The molecule has 0 spiro atoms. The van der Waals surface area contributed by atoms with E-state index in [1.54, 1.807) is 7.11 Å². The van der Waals surface area contributed by atoms with E-state index in [9.17, 15) is 10.1 Å². The van der Waals surface area contributed by atoms with Gasteiger partial charge in [0.25, 0.3) is 0 Å². The number of benzene rings is 1. The quantitative estimate of drug-likeness (QED) is 0.798. The van der Waals surface area contributed by atoms with Gasteiger partial charge in [0.1, 0.15) is 17.6 Å². The van der Waals surface area contributed by atoms with Crippen molar-refractivity contribution in [2.24, 2.45) is 0 Å². The largest absolute Gasteiger partial charge is 0.497 e. The molecule has 1 amide bonds. The van der Waals surface area contributed by atoms with Crippen LogP contribution in [0.25, 0.3) is 5.69 Å². The molecule has 0 saturated heterocycles. The SMILES string of the molecule is COc1ccc(-n2c(C)c(C)c(C#N)c2NC(=O)CN(C)C2CCCCC2)cc1. The summed E-state index contributed by atoms with van der Waals surface area (Å²) in [6.07, 6.45) is 6.04. The number of methoxy groups -OCH3 is 1. The van der Waals surface area contributed by atoms with Crippen molar-refractivity contribution in [1.82, 2.24) is 9.47 Å². The monoisotopic (exact) mass is 394 g/mol. The zero-order valence-corrected chi connectivity index (χ0v) is 17.8. The van der Waals surface area contributed by atoms with Gasteiger partial charge in [-0.2, -0.15) is 5.26 Å². The van der Waals surface area contributed by atoms with Gasteiger partial charge in [0.05, 0.1) is 19.2 Å². The van der Waals surface area contributed by atoms with Crippen molar-refractivity contribution in [1.29, 1.82) is 5.26 Å². The number of ether oxygens (including phenoxy) is 1. The molecular weight excluding hydrogens is 364 g/mol. The summed E-state index contributed by atoms with van der Waals surface area (Å²) in [6, 6.07) is 10.3. The second-order valence-electron chi connectivity index (χ2n) is 7.83. The standard InChI is InChI=1S/C23H30N4O2/c1-16-17(2)27(19-10-12-20(29-4)13-11-19)23(21(16)14-24)25-22(28)15-26(3)18-8-6-5-7-9-18/h10-13,18H,5-9,15H2,1-4H3,(H,25,28). The zero-order valence-electron chi connectivity index (χ0n) is 17.8. The molecule has 1 aromatic carbocycles. The molecule has 1 aliphatic carbocycles. The summed E-state index contributed by atoms with van der Waals surface area (Å²) in [6.45, 7) is 4.20. The third kappa shape index (κ3) is 4.46. The second kappa shape index (κ2) is 9.15. The van der Waals surface area contributed by atoms with Crippen LogP contribution < -0.4 is 10.1 Å². The van der Waals surface area contributed by atoms with Gasteiger partial charge >= 0.3 is 0 Å². The Morgan fingerprint density at radius 1 is 1.24 bits per heavy atom. The lowest BCUT2D eigenvalue weighted by atomic mass is 9.94. The number of nitriles is 1. The molecule has 0 unspecified atom stereocenters. The van der Waals surface area contributed by atoms with E-state index >= 15 is 0 Å². The van der Waals surface area contributed by atoms with Crippen molar-refractivity contribution < 1.29 is 9.53 Å². The first kappa shape index (κ1) is 20.9. The maximum atomic E-state index is 12.8. The first-order valence-electron chi connectivity index (χ1n) is 10.2. The van der Waals surface area contributed by atoms with Crippen LogP contribution in [0.5, 0.6) is 5.75 Å². The van der Waals surface area contributed by atoms with E-state index in [1.807, 2.05) is 49.7 Å². The summed E-state index contributed by atoms with van der Waals surface area (Å²) >= 11 is 0. The molecule has 0 atom stereocenters. The van der Waals surface area contributed by atoms with E-state index in [-0.39, 0.29) is 5.91 Å². The van der Waals surface area contributed by atoms with Gasteiger partial charge in [-0.05, 0) is 63.6 Å². The molecular formula is C23H30N4O2. The fourth-order valence-electron chi connectivity index (χ4n) is 4.16. The Morgan fingerprint density at radius 2 is 1.90 bits per heavy atom. The Morgan fingerprint density at radius 3 is 2.48 bits per heavy atom. The number of anilines is 1. The minimum atomic E-state index is -0.0955. The molecule has 6 nitrogen and oxygen atoms in total. The van der Waals surface area contributed by atoms with Crippen LogP contribution in [0.3, 0.4) is 0 Å². The van der Waals surface area contributed by atoms with E-state index in [0.29, 0.717) is 24.0 Å². The van der Waals surface area contributed by atoms with Crippen LogP contribution >= 0.6 is 0 Å². The normalized spacial score (nSPS) is 14.6. The molecule has 3 rings (SSSR count). The van der Waals surface area contributed by atoms with Gasteiger partial charge < -0.3 is 10.1 Å². The van der Waals surface area contributed by atoms with Crippen LogP contribution in [0.2, 0.25) is 0 Å². The highest BCUT2D eigenvalue weighted by molar-refractivity contribution is 5.93. The van der Waals surface area contributed by atoms with Crippen molar-refractivity contribution in [3.63, 3.8) is 0 Å². The maximum absolute atomic E-state index is 12.8. The van der Waals surface area contributed by atoms with E-state index in [1.165, 1.54) is 19.3 Å². The molecule has 1 heterocycles. The minimum Gasteiger partial charge on any atom is -0.497 e. The highest BCUT2D eigenvalue weighted by atomic mass is 16.5. The van der Waals surface area contributed by atoms with E-state index in [4.69, 9.17) is 4.74 Å². The summed E-state index contributed by atoms with van der Waals surface area (Å²) in [5, 5.41) is 12.7. The minimum absolute atomic E-state index is 0.0955. The smallest absolute Gasteiger partial charge is 0.239 e. The first-order valence-corrected chi connectivity index (χ1v) is 10.2. The molecule has 1 fully saturated rings. The molecule has 0 aliphatic heterocycles. The lowest BCUT2D eigenvalue weighted by Gasteiger charge is -2.30. The summed E-state index contributed by atoms with van der Waals surface area (Å²) in [7, 11) is 3.64. The summed E-state index contributed by atoms with van der Waals surface area (Å²) in [4.78, 5) is 15.0. The van der Waals surface area contributed by atoms with Crippen LogP contribution in [0.15, 0.2) is 24.3 Å². The van der Waals surface area contributed by atoms with Gasteiger partial charge in [-0.3, -0.25) is 14.3 Å². The highest BCUT2D eigenvalue weighted by Crippen LogP contribution is 2.31. The summed E-state index contributed by atoms with van der Waals surface area (Å²) in [5.74, 6) is 1.20. The molecule has 1 aliphatic rings. The lowest BCUT2D eigenvalue weighted by molar-refractivity contribution is -0.117. The Labute approximate surface area is 173 Å². The van der Waals surface area contributed by atoms with Gasteiger partial charge in [0.2, 0.25) is 5.91 Å². The number of hydrogen-bond donors (Lipinski definition) is 1. The average Bonchev–Trinajstić information content (AvgIpc) is 2.97. The number of carbonyl (C=O) groups is 1. The molecule has 0 radical (unpaired) electrons. The fourth-order valence-corrected chi connectivity index (χ4v) is 4.16. The van der Waals surface area contributed by atoms with Crippen molar-refractivity contribution >= 4 is 11.7 Å². The maximum Gasteiger partial charge on any atom is 0.239 e. The molecule has 1 N–H and O–H groups in total. The predicted octanol–water partition coefficient (Wildman–Crippen LogP) is 4.18. The number of nitrogens with zero attached hydrogens (tertiary/aromatic N) is 3. The Bertz CT molecular complexity index is 902. The number of amides is 1. The fraction of sp³-hybridized carbons (Fsp3) is 0.478. The summed E-state index contributed by atoms with van der Waals surface area (Å²) < 4.78 is 7.18. The lowest BCUT2D eigenvalue weighted by Crippen LogP contribution is -2.39. The Kier molecular flexibility index (Phi) is 6.60. The molecule has 0 bridgehead atoms. The third-order valence-electron chi connectivity index (χ3n) is 6.00. The Hall–Kier alpha value is -2.78. The predicted molar refractivity (Wildman–Crippen MR) is 115 cm³/mol.